The normalized spacial score (nSPS) is 9.43. The van der Waals surface area contributed by atoms with E-state index in [0.29, 0.717) is 11.5 Å². The van der Waals surface area contributed by atoms with Crippen molar-refractivity contribution in [3.05, 3.63) is 42.5 Å². The Kier molecular flexibility index (Phi) is 4.07. The maximum atomic E-state index is 10.7. The third-order valence-corrected chi connectivity index (χ3v) is 2.12. The average Bonchev–Trinajstić information content (AvgIpc) is 2.19. The third-order valence-electron chi connectivity index (χ3n) is 1.45. The molecular weight excluding hydrogens is 200 g/mol. The van der Waals surface area contributed by atoms with Crippen molar-refractivity contribution in [3.63, 3.8) is 0 Å². The van der Waals surface area contributed by atoms with Crippen molar-refractivity contribution in [2.75, 3.05) is 5.75 Å². The minimum atomic E-state index is -0.986. The van der Waals surface area contributed by atoms with Gasteiger partial charge in [-0.15, -0.1) is 6.58 Å². The number of rotatable bonds is 5. The van der Waals surface area contributed by atoms with E-state index in [9.17, 15) is 4.79 Å². The second kappa shape index (κ2) is 5.34. The van der Waals surface area contributed by atoms with Gasteiger partial charge in [-0.05, 0) is 12.1 Å². The summed E-state index contributed by atoms with van der Waals surface area (Å²) in [6.07, 6.45) is 1.69. The lowest BCUT2D eigenvalue weighted by atomic mass is 10.2. The first-order valence-corrected chi connectivity index (χ1v) is 4.89. The number of carbonyl (C=O) groups is 1. The van der Waals surface area contributed by atoms with E-state index in [1.165, 1.54) is 6.07 Å². The second-order valence-electron chi connectivity index (χ2n) is 2.46. The van der Waals surface area contributed by atoms with Crippen LogP contribution in [0.3, 0.4) is 0 Å². The van der Waals surface area contributed by atoms with Crippen molar-refractivity contribution < 1.29 is 14.1 Å². The van der Waals surface area contributed by atoms with Crippen LogP contribution in [0.4, 0.5) is 0 Å². The smallest absolute Gasteiger partial charge is 0.339 e. The monoisotopic (exact) mass is 210 g/mol. The first-order chi connectivity index (χ1) is 6.75. The molecule has 74 valence electrons. The molecule has 1 N–H and O–H groups in total. The summed E-state index contributed by atoms with van der Waals surface area (Å²) in [7, 11) is 0. The molecule has 0 aromatic heterocycles. The van der Waals surface area contributed by atoms with Gasteiger partial charge in [0.25, 0.3) is 0 Å². The van der Waals surface area contributed by atoms with Crippen LogP contribution in [0.2, 0.25) is 0 Å². The molecule has 0 atom stereocenters. The molecular formula is C10H10O3S. The Morgan fingerprint density at radius 3 is 2.93 bits per heavy atom. The first-order valence-electron chi connectivity index (χ1n) is 3.98. The van der Waals surface area contributed by atoms with Gasteiger partial charge in [0.05, 0.1) is 12.0 Å². The molecule has 0 aliphatic heterocycles. The number of para-hydroxylation sites is 1. The van der Waals surface area contributed by atoms with Crippen molar-refractivity contribution in [2.24, 2.45) is 0 Å². The van der Waals surface area contributed by atoms with Gasteiger partial charge in [-0.3, -0.25) is 0 Å². The third kappa shape index (κ3) is 2.81. The fourth-order valence-corrected chi connectivity index (χ4v) is 1.30. The topological polar surface area (TPSA) is 46.5 Å². The van der Waals surface area contributed by atoms with Crippen molar-refractivity contribution in [1.82, 2.24) is 0 Å². The molecule has 0 radical (unpaired) electrons. The zero-order chi connectivity index (χ0) is 10.4. The molecule has 1 aromatic rings. The summed E-state index contributed by atoms with van der Waals surface area (Å²) in [4.78, 5) is 10.7. The predicted molar refractivity (Wildman–Crippen MR) is 56.7 cm³/mol. The number of benzene rings is 1. The summed E-state index contributed by atoms with van der Waals surface area (Å²) in [5.41, 5.74) is 0.170. The SMILES string of the molecule is C=CCSOc1ccccc1C(=O)O. The number of hydrogen-bond donors (Lipinski definition) is 1. The van der Waals surface area contributed by atoms with Crippen LogP contribution in [0.15, 0.2) is 36.9 Å². The minimum absolute atomic E-state index is 0.170. The maximum Gasteiger partial charge on any atom is 0.339 e. The number of aromatic carboxylic acids is 1. The van der Waals surface area contributed by atoms with Crippen molar-refractivity contribution in [3.8, 4) is 5.75 Å². The molecule has 14 heavy (non-hydrogen) atoms. The molecule has 0 saturated heterocycles. The Labute approximate surface area is 86.6 Å². The van der Waals surface area contributed by atoms with Gasteiger partial charge in [0.2, 0.25) is 0 Å². The van der Waals surface area contributed by atoms with Crippen LogP contribution < -0.4 is 4.18 Å². The highest BCUT2D eigenvalue weighted by Gasteiger charge is 2.09. The molecule has 1 aromatic carbocycles. The molecule has 0 amide bonds. The van der Waals surface area contributed by atoms with E-state index in [4.69, 9.17) is 9.29 Å². The summed E-state index contributed by atoms with van der Waals surface area (Å²) in [6.45, 7) is 3.53. The van der Waals surface area contributed by atoms with Crippen LogP contribution in [0.25, 0.3) is 0 Å². The summed E-state index contributed by atoms with van der Waals surface area (Å²) in [6, 6.07) is 6.52. The number of hydrogen-bond acceptors (Lipinski definition) is 3. The number of carboxylic acid groups (broad SMARTS) is 1. The minimum Gasteiger partial charge on any atom is -0.478 e. The fourth-order valence-electron chi connectivity index (χ4n) is 0.862. The van der Waals surface area contributed by atoms with Gasteiger partial charge < -0.3 is 9.29 Å². The van der Waals surface area contributed by atoms with Gasteiger partial charge in [-0.2, -0.15) is 0 Å². The van der Waals surface area contributed by atoms with Gasteiger partial charge >= 0.3 is 5.97 Å². The average molecular weight is 210 g/mol. The van der Waals surface area contributed by atoms with Gasteiger partial charge in [0, 0.05) is 5.75 Å². The van der Waals surface area contributed by atoms with Crippen LogP contribution in [0.5, 0.6) is 5.75 Å². The molecule has 0 bridgehead atoms. The molecule has 1 rings (SSSR count). The highest BCUT2D eigenvalue weighted by molar-refractivity contribution is 7.95. The standard InChI is InChI=1S/C10H10O3S/c1-2-7-14-13-9-6-4-3-5-8(9)10(11)12/h2-6H,1,7H2,(H,11,12). The summed E-state index contributed by atoms with van der Waals surface area (Å²) in [5, 5.41) is 8.81. The quantitative estimate of drug-likeness (QED) is 0.461. The van der Waals surface area contributed by atoms with E-state index in [-0.39, 0.29) is 5.56 Å². The van der Waals surface area contributed by atoms with Crippen LogP contribution in [0.1, 0.15) is 10.4 Å². The van der Waals surface area contributed by atoms with Gasteiger partial charge in [0.1, 0.15) is 5.56 Å². The second-order valence-corrected chi connectivity index (χ2v) is 3.19. The van der Waals surface area contributed by atoms with Gasteiger partial charge in [-0.25, -0.2) is 4.79 Å². The number of carboxylic acids is 1. The van der Waals surface area contributed by atoms with Crippen LogP contribution in [0, 0.1) is 0 Å². The molecule has 0 fully saturated rings. The van der Waals surface area contributed by atoms with Gasteiger partial charge in [-0.1, -0.05) is 18.2 Å². The Morgan fingerprint density at radius 2 is 2.29 bits per heavy atom. The predicted octanol–water partition coefficient (Wildman–Crippen LogP) is 2.60. The van der Waals surface area contributed by atoms with Crippen LogP contribution >= 0.6 is 12.0 Å². The Balaban J connectivity index is 2.74. The van der Waals surface area contributed by atoms with Crippen molar-refractivity contribution in [1.29, 1.82) is 0 Å². The molecule has 0 aliphatic rings. The molecule has 0 unspecified atom stereocenters. The lowest BCUT2D eigenvalue weighted by Gasteiger charge is -2.04. The molecule has 4 heteroatoms. The highest BCUT2D eigenvalue weighted by Crippen LogP contribution is 2.21. The van der Waals surface area contributed by atoms with Crippen LogP contribution in [-0.4, -0.2) is 16.8 Å². The zero-order valence-corrected chi connectivity index (χ0v) is 8.29. The Bertz CT molecular complexity index is 336. The molecule has 0 spiro atoms. The van der Waals surface area contributed by atoms with Crippen molar-refractivity contribution in [2.45, 2.75) is 0 Å². The van der Waals surface area contributed by atoms with E-state index in [1.807, 2.05) is 0 Å². The van der Waals surface area contributed by atoms with Gasteiger partial charge in [0.15, 0.2) is 5.75 Å². The highest BCUT2D eigenvalue weighted by atomic mass is 32.2. The fraction of sp³-hybridized carbons (Fsp3) is 0.100. The summed E-state index contributed by atoms with van der Waals surface area (Å²) >= 11 is 1.16. The molecule has 0 saturated carbocycles. The Hall–Kier alpha value is -1.42. The van der Waals surface area contributed by atoms with Crippen LogP contribution in [-0.2, 0) is 0 Å². The van der Waals surface area contributed by atoms with Crippen molar-refractivity contribution >= 4 is 18.0 Å². The Morgan fingerprint density at radius 1 is 1.57 bits per heavy atom. The summed E-state index contributed by atoms with van der Waals surface area (Å²) in [5.74, 6) is 0.000162. The lowest BCUT2D eigenvalue weighted by molar-refractivity contribution is 0.0695. The molecule has 0 heterocycles. The van der Waals surface area contributed by atoms with E-state index in [1.54, 1.807) is 24.3 Å². The molecule has 0 aliphatic carbocycles. The molecule has 3 nitrogen and oxygen atoms in total. The summed E-state index contributed by atoms with van der Waals surface area (Å²) < 4.78 is 5.20. The van der Waals surface area contributed by atoms with E-state index >= 15 is 0 Å². The lowest BCUT2D eigenvalue weighted by Crippen LogP contribution is -1.98. The maximum absolute atomic E-state index is 10.7. The van der Waals surface area contributed by atoms with E-state index in [2.05, 4.69) is 6.58 Å². The first kappa shape index (κ1) is 10.7. The van der Waals surface area contributed by atoms with E-state index < -0.39 is 5.97 Å². The largest absolute Gasteiger partial charge is 0.478 e. The zero-order valence-electron chi connectivity index (χ0n) is 7.47. The van der Waals surface area contributed by atoms with E-state index in [0.717, 1.165) is 12.0 Å².